The molecule has 0 saturated carbocycles. The number of nitrogens with one attached hydrogen (secondary N) is 1. The molecule has 0 atom stereocenters. The van der Waals surface area contributed by atoms with E-state index in [0.29, 0.717) is 36.1 Å². The molecule has 124 valence electrons. The highest BCUT2D eigenvalue weighted by atomic mass is 16.5. The topological polar surface area (TPSA) is 50.8 Å². The highest BCUT2D eigenvalue weighted by Gasteiger charge is 2.11. The van der Waals surface area contributed by atoms with Crippen LogP contribution in [0.15, 0.2) is 18.2 Å². The number of rotatable bonds is 9. The molecule has 0 aliphatic heterocycles. The van der Waals surface area contributed by atoms with E-state index < -0.39 is 0 Å². The predicted molar refractivity (Wildman–Crippen MR) is 88.8 cm³/mol. The molecule has 0 radical (unpaired) electrons. The van der Waals surface area contributed by atoms with Crippen LogP contribution in [0.5, 0.6) is 11.5 Å². The Labute approximate surface area is 133 Å². The van der Waals surface area contributed by atoms with Crippen molar-refractivity contribution in [2.75, 3.05) is 40.9 Å². The molecule has 1 N–H and O–H groups in total. The van der Waals surface area contributed by atoms with Crippen LogP contribution in [0.25, 0.3) is 0 Å². The van der Waals surface area contributed by atoms with Crippen molar-refractivity contribution in [3.63, 3.8) is 0 Å². The average Bonchev–Trinajstić information content (AvgIpc) is 2.46. The molecule has 0 aliphatic rings. The van der Waals surface area contributed by atoms with Crippen LogP contribution in [0, 0.1) is 5.92 Å². The van der Waals surface area contributed by atoms with Crippen LogP contribution < -0.4 is 14.8 Å². The minimum absolute atomic E-state index is 0.103. The van der Waals surface area contributed by atoms with E-state index in [0.717, 1.165) is 13.0 Å². The van der Waals surface area contributed by atoms with Gasteiger partial charge in [-0.2, -0.15) is 0 Å². The summed E-state index contributed by atoms with van der Waals surface area (Å²) in [5, 5.41) is 2.88. The molecule has 0 aliphatic carbocycles. The molecular formula is C17H28N2O3. The number of carbonyl (C=O) groups is 1. The summed E-state index contributed by atoms with van der Waals surface area (Å²) in [6, 6.07) is 5.27. The van der Waals surface area contributed by atoms with Gasteiger partial charge in [0.2, 0.25) is 0 Å². The lowest BCUT2D eigenvalue weighted by molar-refractivity contribution is 0.0950. The summed E-state index contributed by atoms with van der Waals surface area (Å²) >= 11 is 0. The van der Waals surface area contributed by atoms with E-state index in [1.807, 2.05) is 19.0 Å². The van der Waals surface area contributed by atoms with E-state index in [4.69, 9.17) is 9.47 Å². The minimum Gasteiger partial charge on any atom is -0.493 e. The molecule has 0 saturated heterocycles. The van der Waals surface area contributed by atoms with E-state index >= 15 is 0 Å². The highest BCUT2D eigenvalue weighted by Crippen LogP contribution is 2.28. The number of hydrogen-bond donors (Lipinski definition) is 1. The first-order chi connectivity index (χ1) is 10.4. The van der Waals surface area contributed by atoms with Crippen molar-refractivity contribution in [3.8, 4) is 11.5 Å². The van der Waals surface area contributed by atoms with Crippen molar-refractivity contribution in [2.45, 2.75) is 20.3 Å². The number of methoxy groups -OCH3 is 1. The summed E-state index contributed by atoms with van der Waals surface area (Å²) in [5.74, 6) is 1.75. The molecule has 0 bridgehead atoms. The summed E-state index contributed by atoms with van der Waals surface area (Å²) in [7, 11) is 5.52. The van der Waals surface area contributed by atoms with Crippen molar-refractivity contribution in [2.24, 2.45) is 5.92 Å². The number of amides is 1. The maximum Gasteiger partial charge on any atom is 0.251 e. The lowest BCUT2D eigenvalue weighted by atomic mass is 10.1. The summed E-state index contributed by atoms with van der Waals surface area (Å²) in [6.07, 6.45) is 0.982. The van der Waals surface area contributed by atoms with Gasteiger partial charge in [-0.25, -0.2) is 0 Å². The standard InChI is InChI=1S/C17H28N2O3/c1-13(2)8-11-22-15-7-6-14(12-16(15)21-5)17(20)18-9-10-19(3)4/h6-7,12-13H,8-11H2,1-5H3,(H,18,20). The lowest BCUT2D eigenvalue weighted by Gasteiger charge is -2.14. The predicted octanol–water partition coefficient (Wildman–Crippen LogP) is 2.41. The molecule has 1 aromatic rings. The summed E-state index contributed by atoms with van der Waals surface area (Å²) in [6.45, 7) is 6.37. The lowest BCUT2D eigenvalue weighted by Crippen LogP contribution is -2.31. The van der Waals surface area contributed by atoms with E-state index in [2.05, 4.69) is 19.2 Å². The van der Waals surface area contributed by atoms with Gasteiger partial charge in [0.25, 0.3) is 5.91 Å². The molecule has 0 fully saturated rings. The molecule has 0 spiro atoms. The highest BCUT2D eigenvalue weighted by molar-refractivity contribution is 5.94. The van der Waals surface area contributed by atoms with Crippen molar-refractivity contribution in [1.82, 2.24) is 10.2 Å². The number of ether oxygens (including phenoxy) is 2. The summed E-state index contributed by atoms with van der Waals surface area (Å²) in [4.78, 5) is 14.1. The Balaban J connectivity index is 2.64. The zero-order valence-corrected chi connectivity index (χ0v) is 14.3. The number of likely N-dealkylation sites (N-methyl/N-ethyl adjacent to an activating group) is 1. The Bertz CT molecular complexity index is 473. The van der Waals surface area contributed by atoms with Crippen molar-refractivity contribution < 1.29 is 14.3 Å². The van der Waals surface area contributed by atoms with Gasteiger partial charge < -0.3 is 19.7 Å². The van der Waals surface area contributed by atoms with Crippen LogP contribution in [0.2, 0.25) is 0 Å². The van der Waals surface area contributed by atoms with Gasteiger partial charge in [0.05, 0.1) is 13.7 Å². The third-order valence-electron chi connectivity index (χ3n) is 3.22. The maximum atomic E-state index is 12.1. The zero-order chi connectivity index (χ0) is 16.5. The third-order valence-corrected chi connectivity index (χ3v) is 3.22. The van der Waals surface area contributed by atoms with E-state index in [-0.39, 0.29) is 5.91 Å². The molecule has 1 aromatic carbocycles. The second-order valence-electron chi connectivity index (χ2n) is 5.96. The quantitative estimate of drug-likeness (QED) is 0.761. The molecule has 5 nitrogen and oxygen atoms in total. The third kappa shape index (κ3) is 6.35. The van der Waals surface area contributed by atoms with Gasteiger partial charge in [0, 0.05) is 18.7 Å². The Morgan fingerprint density at radius 1 is 1.27 bits per heavy atom. The molecule has 0 heterocycles. The van der Waals surface area contributed by atoms with Crippen molar-refractivity contribution in [1.29, 1.82) is 0 Å². The van der Waals surface area contributed by atoms with Gasteiger partial charge in [0.15, 0.2) is 11.5 Å². The van der Waals surface area contributed by atoms with Crippen LogP contribution in [-0.4, -0.2) is 51.7 Å². The van der Waals surface area contributed by atoms with E-state index in [9.17, 15) is 4.79 Å². The Kier molecular flexibility index (Phi) is 7.74. The van der Waals surface area contributed by atoms with Gasteiger partial charge in [-0.05, 0) is 44.6 Å². The normalized spacial score (nSPS) is 10.9. The molecule has 5 heteroatoms. The number of hydrogen-bond acceptors (Lipinski definition) is 4. The Morgan fingerprint density at radius 3 is 2.59 bits per heavy atom. The number of benzene rings is 1. The minimum atomic E-state index is -0.103. The largest absolute Gasteiger partial charge is 0.493 e. The first kappa shape index (κ1) is 18.3. The van der Waals surface area contributed by atoms with E-state index in [1.54, 1.807) is 25.3 Å². The second-order valence-corrected chi connectivity index (χ2v) is 5.96. The fourth-order valence-corrected chi connectivity index (χ4v) is 1.83. The maximum absolute atomic E-state index is 12.1. The van der Waals surface area contributed by atoms with Gasteiger partial charge in [-0.1, -0.05) is 13.8 Å². The van der Waals surface area contributed by atoms with Crippen molar-refractivity contribution >= 4 is 5.91 Å². The monoisotopic (exact) mass is 308 g/mol. The van der Waals surface area contributed by atoms with Gasteiger partial charge in [0.1, 0.15) is 0 Å². The van der Waals surface area contributed by atoms with Crippen LogP contribution in [-0.2, 0) is 0 Å². The van der Waals surface area contributed by atoms with Crippen molar-refractivity contribution in [3.05, 3.63) is 23.8 Å². The Morgan fingerprint density at radius 2 is 2.00 bits per heavy atom. The van der Waals surface area contributed by atoms with Gasteiger partial charge >= 0.3 is 0 Å². The van der Waals surface area contributed by atoms with Gasteiger partial charge in [-0.15, -0.1) is 0 Å². The molecule has 1 rings (SSSR count). The van der Waals surface area contributed by atoms with Crippen LogP contribution >= 0.6 is 0 Å². The number of carbonyl (C=O) groups excluding carboxylic acids is 1. The van der Waals surface area contributed by atoms with Crippen LogP contribution in [0.4, 0.5) is 0 Å². The smallest absolute Gasteiger partial charge is 0.251 e. The number of nitrogens with zero attached hydrogens (tertiary/aromatic N) is 1. The molecular weight excluding hydrogens is 280 g/mol. The van der Waals surface area contributed by atoms with Gasteiger partial charge in [-0.3, -0.25) is 4.79 Å². The van der Waals surface area contributed by atoms with E-state index in [1.165, 1.54) is 0 Å². The fraction of sp³-hybridized carbons (Fsp3) is 0.588. The zero-order valence-electron chi connectivity index (χ0n) is 14.3. The summed E-state index contributed by atoms with van der Waals surface area (Å²) in [5.41, 5.74) is 0.576. The molecule has 0 unspecified atom stereocenters. The first-order valence-electron chi connectivity index (χ1n) is 7.67. The summed E-state index contributed by atoms with van der Waals surface area (Å²) < 4.78 is 11.0. The molecule has 0 aromatic heterocycles. The first-order valence-corrected chi connectivity index (χ1v) is 7.67. The average molecular weight is 308 g/mol. The fourth-order valence-electron chi connectivity index (χ4n) is 1.83. The SMILES string of the molecule is COc1cc(C(=O)NCCN(C)C)ccc1OCCC(C)C. The molecule has 22 heavy (non-hydrogen) atoms. The molecule has 1 amide bonds. The second kappa shape index (κ2) is 9.30. The Hall–Kier alpha value is -1.75. The van der Waals surface area contributed by atoms with Crippen LogP contribution in [0.3, 0.4) is 0 Å². The van der Waals surface area contributed by atoms with Crippen LogP contribution in [0.1, 0.15) is 30.6 Å².